The number of likely N-dealkylation sites (tertiary alicyclic amines) is 2. The van der Waals surface area contributed by atoms with Gasteiger partial charge in [-0.3, -0.25) is 9.89 Å². The van der Waals surface area contributed by atoms with E-state index in [1.54, 1.807) is 23.9 Å². The lowest BCUT2D eigenvalue weighted by Crippen LogP contribution is -2.62. The Hall–Kier alpha value is -1.31. The van der Waals surface area contributed by atoms with Crippen molar-refractivity contribution in [2.75, 3.05) is 53.1 Å². The Morgan fingerprint density at radius 1 is 1.10 bits per heavy atom. The molecule has 0 saturated carbocycles. The van der Waals surface area contributed by atoms with Crippen LogP contribution in [0.25, 0.3) is 0 Å². The standard InChI is InChI=1S/C23H38FN5S/c1-25-22(26-16-19-7-8-21(24)15-20(19)17-30-3)27-18-23(9-13-28(2)14-10-23)29-11-5-4-6-12-29/h7-8,15H,4-6,9-14,16-18H2,1-3H3,(H2,25,26,27). The number of hydrogen-bond acceptors (Lipinski definition) is 4. The van der Waals surface area contributed by atoms with E-state index < -0.39 is 0 Å². The molecule has 0 aliphatic carbocycles. The Balaban J connectivity index is 1.62. The van der Waals surface area contributed by atoms with E-state index in [9.17, 15) is 4.39 Å². The van der Waals surface area contributed by atoms with Crippen molar-refractivity contribution in [3.63, 3.8) is 0 Å². The molecule has 3 rings (SSSR count). The predicted octanol–water partition coefficient (Wildman–Crippen LogP) is 3.30. The summed E-state index contributed by atoms with van der Waals surface area (Å²) in [7, 11) is 4.05. The summed E-state index contributed by atoms with van der Waals surface area (Å²) in [5.74, 6) is 1.47. The molecular weight excluding hydrogens is 397 g/mol. The summed E-state index contributed by atoms with van der Waals surface area (Å²) in [6.07, 6.45) is 8.43. The largest absolute Gasteiger partial charge is 0.355 e. The minimum Gasteiger partial charge on any atom is -0.355 e. The fraction of sp³-hybridized carbons (Fsp3) is 0.696. The molecule has 0 bridgehead atoms. The third-order valence-electron chi connectivity index (χ3n) is 6.67. The number of halogens is 1. The maximum Gasteiger partial charge on any atom is 0.191 e. The molecule has 1 aromatic carbocycles. The van der Waals surface area contributed by atoms with E-state index in [0.29, 0.717) is 6.54 Å². The number of nitrogens with zero attached hydrogens (tertiary/aromatic N) is 3. The average molecular weight is 436 g/mol. The van der Waals surface area contributed by atoms with Crippen molar-refractivity contribution in [1.29, 1.82) is 0 Å². The van der Waals surface area contributed by atoms with Crippen molar-refractivity contribution in [1.82, 2.24) is 20.4 Å². The van der Waals surface area contributed by atoms with E-state index in [1.807, 2.05) is 19.4 Å². The van der Waals surface area contributed by atoms with Crippen LogP contribution in [-0.2, 0) is 12.3 Å². The number of hydrogen-bond donors (Lipinski definition) is 2. The number of rotatable bonds is 7. The number of aliphatic imine (C=N–C) groups is 1. The van der Waals surface area contributed by atoms with Crippen molar-refractivity contribution in [3.05, 3.63) is 35.1 Å². The summed E-state index contributed by atoms with van der Waals surface area (Å²) in [4.78, 5) is 9.64. The highest BCUT2D eigenvalue weighted by Gasteiger charge is 2.39. The maximum absolute atomic E-state index is 13.6. The quantitative estimate of drug-likeness (QED) is 0.508. The highest BCUT2D eigenvalue weighted by atomic mass is 32.2. The van der Waals surface area contributed by atoms with Crippen LogP contribution in [0.3, 0.4) is 0 Å². The van der Waals surface area contributed by atoms with Crippen LogP contribution < -0.4 is 10.6 Å². The lowest BCUT2D eigenvalue weighted by Gasteiger charge is -2.50. The first kappa shape index (κ1) is 23.4. The summed E-state index contributed by atoms with van der Waals surface area (Å²) >= 11 is 1.71. The first-order chi connectivity index (χ1) is 14.6. The molecule has 0 atom stereocenters. The van der Waals surface area contributed by atoms with Gasteiger partial charge in [-0.05, 0) is 88.4 Å². The van der Waals surface area contributed by atoms with Crippen LogP contribution in [0.2, 0.25) is 0 Å². The van der Waals surface area contributed by atoms with Crippen LogP contribution in [-0.4, -0.2) is 74.4 Å². The zero-order valence-electron chi connectivity index (χ0n) is 18.8. The highest BCUT2D eigenvalue weighted by Crippen LogP contribution is 2.30. The molecule has 2 fully saturated rings. The molecule has 1 aromatic rings. The van der Waals surface area contributed by atoms with Gasteiger partial charge in [0.1, 0.15) is 5.82 Å². The summed E-state index contributed by atoms with van der Waals surface area (Å²) in [5.41, 5.74) is 2.38. The number of piperidine rings is 2. The van der Waals surface area contributed by atoms with Gasteiger partial charge in [-0.15, -0.1) is 0 Å². The fourth-order valence-corrected chi connectivity index (χ4v) is 5.29. The number of benzene rings is 1. The molecule has 0 amide bonds. The molecule has 7 heteroatoms. The second kappa shape index (κ2) is 11.3. The van der Waals surface area contributed by atoms with Crippen molar-refractivity contribution >= 4 is 17.7 Å². The van der Waals surface area contributed by atoms with E-state index in [4.69, 9.17) is 0 Å². The van der Waals surface area contributed by atoms with Crippen LogP contribution in [0.5, 0.6) is 0 Å². The molecule has 5 nitrogen and oxygen atoms in total. The van der Waals surface area contributed by atoms with Crippen LogP contribution >= 0.6 is 11.8 Å². The zero-order chi connectivity index (χ0) is 21.4. The van der Waals surface area contributed by atoms with Gasteiger partial charge in [-0.1, -0.05) is 12.5 Å². The van der Waals surface area contributed by atoms with Crippen LogP contribution in [0, 0.1) is 5.82 Å². The van der Waals surface area contributed by atoms with Crippen molar-refractivity contribution in [2.45, 2.75) is 49.9 Å². The molecule has 2 aliphatic heterocycles. The van der Waals surface area contributed by atoms with Gasteiger partial charge in [-0.25, -0.2) is 4.39 Å². The first-order valence-electron chi connectivity index (χ1n) is 11.2. The normalized spacial score (nSPS) is 20.9. The number of thioether (sulfide) groups is 1. The highest BCUT2D eigenvalue weighted by molar-refractivity contribution is 7.97. The number of guanidine groups is 1. The van der Waals surface area contributed by atoms with Gasteiger partial charge in [0.05, 0.1) is 0 Å². The average Bonchev–Trinajstić information content (AvgIpc) is 2.77. The minimum atomic E-state index is -0.170. The Morgan fingerprint density at radius 2 is 1.83 bits per heavy atom. The fourth-order valence-electron chi connectivity index (χ4n) is 4.71. The third-order valence-corrected chi connectivity index (χ3v) is 7.27. The van der Waals surface area contributed by atoms with E-state index in [0.717, 1.165) is 42.5 Å². The van der Waals surface area contributed by atoms with Crippen LogP contribution in [0.15, 0.2) is 23.2 Å². The molecule has 2 saturated heterocycles. The SMILES string of the molecule is CN=C(NCc1ccc(F)cc1CSC)NCC1(N2CCCCC2)CCN(C)CC1. The minimum absolute atomic E-state index is 0.170. The molecule has 0 spiro atoms. The van der Waals surface area contributed by atoms with Crippen LogP contribution in [0.4, 0.5) is 4.39 Å². The van der Waals surface area contributed by atoms with Gasteiger partial charge in [0.15, 0.2) is 5.96 Å². The van der Waals surface area contributed by atoms with Gasteiger partial charge in [-0.2, -0.15) is 11.8 Å². The maximum atomic E-state index is 13.6. The van der Waals surface area contributed by atoms with Gasteiger partial charge in [0.25, 0.3) is 0 Å². The molecule has 2 N–H and O–H groups in total. The Bertz CT molecular complexity index is 697. The lowest BCUT2D eigenvalue weighted by molar-refractivity contribution is 0.0173. The number of nitrogens with one attached hydrogen (secondary N) is 2. The molecule has 0 radical (unpaired) electrons. The molecule has 0 aromatic heterocycles. The van der Waals surface area contributed by atoms with Gasteiger partial charge < -0.3 is 15.5 Å². The summed E-state index contributed by atoms with van der Waals surface area (Å²) in [6.45, 7) is 6.29. The third kappa shape index (κ3) is 6.11. The summed E-state index contributed by atoms with van der Waals surface area (Å²) in [5, 5.41) is 7.08. The predicted molar refractivity (Wildman–Crippen MR) is 127 cm³/mol. The van der Waals surface area contributed by atoms with Crippen molar-refractivity contribution in [2.24, 2.45) is 4.99 Å². The van der Waals surface area contributed by atoms with Crippen molar-refractivity contribution in [3.8, 4) is 0 Å². The molecule has 2 aliphatic rings. The van der Waals surface area contributed by atoms with Gasteiger partial charge in [0.2, 0.25) is 0 Å². The second-order valence-electron chi connectivity index (χ2n) is 8.70. The monoisotopic (exact) mass is 435 g/mol. The van der Waals surface area contributed by atoms with E-state index >= 15 is 0 Å². The lowest BCUT2D eigenvalue weighted by atomic mass is 9.84. The Labute approximate surface area is 185 Å². The molecule has 30 heavy (non-hydrogen) atoms. The van der Waals surface area contributed by atoms with E-state index in [-0.39, 0.29) is 11.4 Å². The van der Waals surface area contributed by atoms with Gasteiger partial charge in [0, 0.05) is 31.4 Å². The molecule has 0 unspecified atom stereocenters. The van der Waals surface area contributed by atoms with Gasteiger partial charge >= 0.3 is 0 Å². The van der Waals surface area contributed by atoms with E-state index in [1.165, 1.54) is 45.2 Å². The van der Waals surface area contributed by atoms with E-state index in [2.05, 4.69) is 32.5 Å². The molecular formula is C23H38FN5S. The first-order valence-corrected chi connectivity index (χ1v) is 12.6. The second-order valence-corrected chi connectivity index (χ2v) is 9.57. The van der Waals surface area contributed by atoms with Crippen LogP contribution in [0.1, 0.15) is 43.2 Å². The zero-order valence-corrected chi connectivity index (χ0v) is 19.7. The smallest absolute Gasteiger partial charge is 0.191 e. The Kier molecular flexibility index (Phi) is 8.84. The Morgan fingerprint density at radius 3 is 2.50 bits per heavy atom. The topological polar surface area (TPSA) is 42.9 Å². The summed E-state index contributed by atoms with van der Waals surface area (Å²) < 4.78 is 13.6. The molecule has 2 heterocycles. The van der Waals surface area contributed by atoms with Crippen molar-refractivity contribution < 1.29 is 4.39 Å². The summed E-state index contributed by atoms with van der Waals surface area (Å²) in [6, 6.07) is 5.07. The molecule has 168 valence electrons.